The van der Waals surface area contributed by atoms with E-state index in [1.54, 1.807) is 11.1 Å². The van der Waals surface area contributed by atoms with Gasteiger partial charge in [-0.1, -0.05) is 60.7 Å². The molecule has 4 bridgehead atoms. The molecule has 1 spiro atoms. The van der Waals surface area contributed by atoms with Crippen LogP contribution in [0.5, 0.6) is 0 Å². The molecule has 0 unspecified atom stereocenters. The third-order valence-corrected chi connectivity index (χ3v) is 9.46. The summed E-state index contributed by atoms with van der Waals surface area (Å²) in [4.78, 5) is 3.52. The Morgan fingerprint density at radius 2 is 1.29 bits per heavy atom. The van der Waals surface area contributed by atoms with Gasteiger partial charge >= 0.3 is 0 Å². The summed E-state index contributed by atoms with van der Waals surface area (Å²) in [6, 6.07) is 25.6. The predicted molar refractivity (Wildman–Crippen MR) is 127 cm³/mol. The predicted octanol–water partition coefficient (Wildman–Crippen LogP) is 7.56. The molecule has 5 aliphatic carbocycles. The lowest BCUT2D eigenvalue weighted by Crippen LogP contribution is -2.55. The molecule has 1 heteroatoms. The van der Waals surface area contributed by atoms with Crippen molar-refractivity contribution in [3.8, 4) is 22.3 Å². The quantitative estimate of drug-likeness (QED) is 0.339. The highest BCUT2D eigenvalue weighted by Gasteiger charge is 2.61. The summed E-state index contributed by atoms with van der Waals surface area (Å²) in [6.45, 7) is 0. The summed E-state index contributed by atoms with van der Waals surface area (Å²) in [5.41, 5.74) is 10.6. The van der Waals surface area contributed by atoms with Gasteiger partial charge in [-0.25, -0.2) is 0 Å². The fourth-order valence-corrected chi connectivity index (χ4v) is 8.74. The number of H-pyrrole nitrogens is 1. The van der Waals surface area contributed by atoms with Crippen molar-refractivity contribution in [3.05, 3.63) is 84.1 Å². The van der Waals surface area contributed by atoms with E-state index in [1.165, 1.54) is 65.3 Å². The molecule has 1 N–H and O–H groups in total. The molecule has 5 aliphatic rings. The van der Waals surface area contributed by atoms with Gasteiger partial charge in [-0.2, -0.15) is 0 Å². The zero-order chi connectivity index (χ0) is 20.2. The smallest absolute Gasteiger partial charge is 0.0533 e. The standard InChI is InChI=1S/C30H27N/c1-2-9-26-25(6-1)28-23(24-8-3-5-20-11-12-31-29(20)24)7-4-10-27(28)30(26)21-14-18-13-19(16-21)17-22(30)15-18/h1-12,18-19,21-22,31H,13-17H2. The van der Waals surface area contributed by atoms with E-state index < -0.39 is 0 Å². The van der Waals surface area contributed by atoms with Gasteiger partial charge in [-0.15, -0.1) is 0 Å². The van der Waals surface area contributed by atoms with Crippen LogP contribution in [0.2, 0.25) is 0 Å². The molecule has 4 fully saturated rings. The first-order valence-electron chi connectivity index (χ1n) is 12.1. The van der Waals surface area contributed by atoms with Gasteiger partial charge in [-0.05, 0) is 95.0 Å². The fraction of sp³-hybridized carbons (Fsp3) is 0.333. The first-order valence-corrected chi connectivity index (χ1v) is 12.1. The van der Waals surface area contributed by atoms with Crippen LogP contribution in [-0.2, 0) is 5.41 Å². The van der Waals surface area contributed by atoms with Crippen molar-refractivity contribution in [1.82, 2.24) is 4.98 Å². The number of hydrogen-bond acceptors (Lipinski definition) is 0. The molecule has 152 valence electrons. The van der Waals surface area contributed by atoms with Crippen LogP contribution >= 0.6 is 0 Å². The Hall–Kier alpha value is -2.80. The molecular weight excluding hydrogens is 374 g/mol. The van der Waals surface area contributed by atoms with Crippen molar-refractivity contribution < 1.29 is 0 Å². The lowest BCUT2D eigenvalue weighted by Gasteiger charge is -2.61. The lowest BCUT2D eigenvalue weighted by molar-refractivity contribution is -0.0399. The van der Waals surface area contributed by atoms with Gasteiger partial charge < -0.3 is 4.98 Å². The number of fused-ring (bicyclic) bond motifs is 4. The molecule has 0 aliphatic heterocycles. The molecule has 4 saturated carbocycles. The summed E-state index contributed by atoms with van der Waals surface area (Å²) >= 11 is 0. The van der Waals surface area contributed by atoms with Gasteiger partial charge in [0, 0.05) is 17.2 Å². The summed E-state index contributed by atoms with van der Waals surface area (Å²) < 4.78 is 0. The molecule has 0 radical (unpaired) electrons. The minimum Gasteiger partial charge on any atom is -0.361 e. The third kappa shape index (κ3) is 1.95. The second kappa shape index (κ2) is 5.71. The van der Waals surface area contributed by atoms with Crippen LogP contribution in [0.15, 0.2) is 72.9 Å². The lowest BCUT2D eigenvalue weighted by atomic mass is 9.43. The molecule has 1 aromatic heterocycles. The molecule has 0 amide bonds. The van der Waals surface area contributed by atoms with Gasteiger partial charge in [0.25, 0.3) is 0 Å². The molecule has 31 heavy (non-hydrogen) atoms. The van der Waals surface area contributed by atoms with Crippen LogP contribution in [0.1, 0.15) is 43.2 Å². The van der Waals surface area contributed by atoms with Crippen LogP contribution in [0.3, 0.4) is 0 Å². The topological polar surface area (TPSA) is 15.8 Å². The van der Waals surface area contributed by atoms with Crippen LogP contribution in [0, 0.1) is 23.7 Å². The number of aromatic nitrogens is 1. The minimum atomic E-state index is 0.249. The van der Waals surface area contributed by atoms with Gasteiger partial charge in [0.2, 0.25) is 0 Å². The van der Waals surface area contributed by atoms with E-state index in [-0.39, 0.29) is 5.41 Å². The molecule has 0 saturated heterocycles. The summed E-state index contributed by atoms with van der Waals surface area (Å²) in [7, 11) is 0. The highest BCUT2D eigenvalue weighted by molar-refractivity contribution is 6.01. The molecule has 1 heterocycles. The summed E-state index contributed by atoms with van der Waals surface area (Å²) in [5, 5.41) is 1.30. The Kier molecular flexibility index (Phi) is 3.10. The van der Waals surface area contributed by atoms with Crippen molar-refractivity contribution in [1.29, 1.82) is 0 Å². The van der Waals surface area contributed by atoms with E-state index in [9.17, 15) is 0 Å². The highest BCUT2D eigenvalue weighted by atomic mass is 14.7. The maximum absolute atomic E-state index is 3.52. The number of nitrogens with one attached hydrogen (secondary N) is 1. The van der Waals surface area contributed by atoms with Gasteiger partial charge in [0.1, 0.15) is 0 Å². The van der Waals surface area contributed by atoms with E-state index >= 15 is 0 Å². The van der Waals surface area contributed by atoms with E-state index in [0.717, 1.165) is 23.7 Å². The van der Waals surface area contributed by atoms with E-state index in [0.29, 0.717) is 0 Å². The first-order chi connectivity index (χ1) is 15.3. The average molecular weight is 402 g/mol. The Bertz CT molecular complexity index is 1330. The van der Waals surface area contributed by atoms with E-state index in [2.05, 4.69) is 77.9 Å². The van der Waals surface area contributed by atoms with Crippen LogP contribution in [0.4, 0.5) is 0 Å². The average Bonchev–Trinajstić information content (AvgIpc) is 3.39. The Morgan fingerprint density at radius 1 is 0.613 bits per heavy atom. The number of benzene rings is 3. The van der Waals surface area contributed by atoms with Crippen molar-refractivity contribution in [2.75, 3.05) is 0 Å². The second-order valence-corrected chi connectivity index (χ2v) is 10.7. The number of hydrogen-bond donors (Lipinski definition) is 1. The zero-order valence-corrected chi connectivity index (χ0v) is 17.8. The monoisotopic (exact) mass is 401 g/mol. The fourth-order valence-electron chi connectivity index (χ4n) is 8.74. The first kappa shape index (κ1) is 16.8. The van der Waals surface area contributed by atoms with Gasteiger partial charge in [-0.3, -0.25) is 0 Å². The second-order valence-electron chi connectivity index (χ2n) is 10.7. The van der Waals surface area contributed by atoms with Gasteiger partial charge in [0.15, 0.2) is 0 Å². The maximum atomic E-state index is 3.52. The molecule has 4 aromatic rings. The minimum absolute atomic E-state index is 0.249. The van der Waals surface area contributed by atoms with Crippen molar-refractivity contribution in [2.45, 2.75) is 37.5 Å². The summed E-state index contributed by atoms with van der Waals surface area (Å²) in [5.74, 6) is 3.62. The number of para-hydroxylation sites is 1. The molecule has 3 aromatic carbocycles. The Balaban J connectivity index is 1.46. The maximum Gasteiger partial charge on any atom is 0.0533 e. The Morgan fingerprint density at radius 3 is 2.13 bits per heavy atom. The number of aromatic amines is 1. The van der Waals surface area contributed by atoms with Gasteiger partial charge in [0.05, 0.1) is 5.52 Å². The molecule has 9 rings (SSSR count). The Labute approximate surface area is 183 Å². The number of rotatable bonds is 1. The van der Waals surface area contributed by atoms with E-state index in [1.807, 2.05) is 0 Å². The molecular formula is C30H27N. The normalized spacial score (nSPS) is 32.0. The molecule has 0 atom stereocenters. The van der Waals surface area contributed by atoms with Crippen molar-refractivity contribution in [2.24, 2.45) is 23.7 Å². The summed E-state index contributed by atoms with van der Waals surface area (Å²) in [6.07, 6.45) is 9.35. The zero-order valence-electron chi connectivity index (χ0n) is 17.8. The van der Waals surface area contributed by atoms with Crippen molar-refractivity contribution >= 4 is 10.9 Å². The van der Waals surface area contributed by atoms with Crippen LogP contribution < -0.4 is 0 Å². The van der Waals surface area contributed by atoms with E-state index in [4.69, 9.17) is 0 Å². The third-order valence-electron chi connectivity index (χ3n) is 9.46. The SMILES string of the molecule is c1ccc2c(c1)-c1c(-c3cccc4cc[nH]c34)cccc1C21C2CC3CC(C2)CC1C3. The van der Waals surface area contributed by atoms with Crippen LogP contribution in [-0.4, -0.2) is 4.98 Å². The highest BCUT2D eigenvalue weighted by Crippen LogP contribution is 2.70. The van der Waals surface area contributed by atoms with Crippen molar-refractivity contribution in [3.63, 3.8) is 0 Å². The largest absolute Gasteiger partial charge is 0.361 e. The molecule has 1 nitrogen and oxygen atoms in total. The van der Waals surface area contributed by atoms with Crippen LogP contribution in [0.25, 0.3) is 33.2 Å².